The summed E-state index contributed by atoms with van der Waals surface area (Å²) in [4.78, 5) is 21.6. The molecule has 1 aliphatic carbocycles. The Hall–Kier alpha value is -1.53. The van der Waals surface area contributed by atoms with Crippen molar-refractivity contribution >= 4 is 40.4 Å². The lowest BCUT2D eigenvalue weighted by Gasteiger charge is -2.23. The number of aromatic nitrogens is 5. The monoisotopic (exact) mass is 456 g/mol. The Morgan fingerprint density at radius 2 is 2.13 bits per heavy atom. The van der Waals surface area contributed by atoms with Crippen LogP contribution in [-0.2, 0) is 14.3 Å². The molecule has 2 aromatic rings. The molecule has 12 heteroatoms. The predicted molar refractivity (Wildman–Crippen MR) is 110 cm³/mol. The van der Waals surface area contributed by atoms with Gasteiger partial charge in [0, 0.05) is 12.3 Å². The minimum absolute atomic E-state index is 0.125. The summed E-state index contributed by atoms with van der Waals surface area (Å²) in [6.45, 7) is 5.79. The van der Waals surface area contributed by atoms with Gasteiger partial charge in [0.25, 0.3) is 0 Å². The molecule has 164 valence electrons. The molecule has 2 fully saturated rings. The molecule has 0 bridgehead atoms. The number of carbonyl (C=O) groups excluding carboxylic acids is 1. The number of amides is 1. The Kier molecular flexibility index (Phi) is 6.18. The molecular weight excluding hydrogens is 432 g/mol. The highest BCUT2D eigenvalue weighted by atomic mass is 35.5. The Morgan fingerprint density at radius 3 is 2.87 bits per heavy atom. The molecule has 30 heavy (non-hydrogen) atoms. The smallest absolute Gasteiger partial charge is 0.226 e. The summed E-state index contributed by atoms with van der Waals surface area (Å²) < 4.78 is 13.9. The van der Waals surface area contributed by atoms with Gasteiger partial charge in [0.1, 0.15) is 12.2 Å². The minimum Gasteiger partial charge on any atom is -0.395 e. The van der Waals surface area contributed by atoms with Crippen LogP contribution in [-0.4, -0.2) is 72.9 Å². The van der Waals surface area contributed by atoms with Crippen molar-refractivity contribution in [3.8, 4) is 0 Å². The Balaban J connectivity index is 1.69. The minimum atomic E-state index is -0.825. The van der Waals surface area contributed by atoms with E-state index in [-0.39, 0.29) is 30.3 Å². The highest BCUT2D eigenvalue weighted by Gasteiger charge is 2.57. The molecule has 2 aliphatic rings. The van der Waals surface area contributed by atoms with E-state index in [1.54, 1.807) is 4.68 Å². The van der Waals surface area contributed by atoms with Crippen molar-refractivity contribution in [2.75, 3.05) is 18.9 Å². The van der Waals surface area contributed by atoms with E-state index in [4.69, 9.17) is 26.2 Å². The maximum Gasteiger partial charge on any atom is 0.226 e. The highest BCUT2D eigenvalue weighted by molar-refractivity contribution is 7.99. The first-order valence-electron chi connectivity index (χ1n) is 10.00. The van der Waals surface area contributed by atoms with Crippen LogP contribution in [0.25, 0.3) is 11.2 Å². The number of hydrogen-bond acceptors (Lipinski definition) is 9. The molecule has 10 nitrogen and oxygen atoms in total. The molecule has 1 aliphatic heterocycles. The number of thioether (sulfide) groups is 1. The lowest BCUT2D eigenvalue weighted by atomic mass is 10.0. The second-order valence-corrected chi connectivity index (χ2v) is 9.26. The summed E-state index contributed by atoms with van der Waals surface area (Å²) in [7, 11) is 0. The molecule has 1 saturated heterocycles. The van der Waals surface area contributed by atoms with Gasteiger partial charge >= 0.3 is 0 Å². The van der Waals surface area contributed by atoms with Crippen molar-refractivity contribution in [1.82, 2.24) is 30.3 Å². The van der Waals surface area contributed by atoms with E-state index in [1.165, 1.54) is 11.8 Å². The molecule has 2 N–H and O–H groups in total. The van der Waals surface area contributed by atoms with E-state index in [0.29, 0.717) is 22.7 Å². The van der Waals surface area contributed by atoms with E-state index in [9.17, 15) is 4.79 Å². The van der Waals surface area contributed by atoms with E-state index in [1.807, 2.05) is 13.8 Å². The molecule has 3 heterocycles. The second-order valence-electron chi connectivity index (χ2n) is 7.84. The third-order valence-corrected chi connectivity index (χ3v) is 6.51. The first-order chi connectivity index (χ1) is 14.3. The maximum absolute atomic E-state index is 12.7. The van der Waals surface area contributed by atoms with Crippen LogP contribution in [0, 0.1) is 5.92 Å². The van der Waals surface area contributed by atoms with Crippen LogP contribution in [0.4, 0.5) is 0 Å². The van der Waals surface area contributed by atoms with Gasteiger partial charge in [-0.2, -0.15) is 0 Å². The first-order valence-corrected chi connectivity index (χ1v) is 11.4. The zero-order chi connectivity index (χ0) is 21.5. The van der Waals surface area contributed by atoms with Gasteiger partial charge in [0.15, 0.2) is 27.3 Å². The summed E-state index contributed by atoms with van der Waals surface area (Å²) in [5.41, 5.74) is 0.933. The average molecular weight is 457 g/mol. The fourth-order valence-electron chi connectivity index (χ4n) is 4.02. The van der Waals surface area contributed by atoms with Gasteiger partial charge in [-0.3, -0.25) is 4.79 Å². The number of hydrogen-bond donors (Lipinski definition) is 2. The highest BCUT2D eigenvalue weighted by Crippen LogP contribution is 2.47. The van der Waals surface area contributed by atoms with Gasteiger partial charge in [0.2, 0.25) is 5.91 Å². The fraction of sp³-hybridized carbons (Fsp3) is 0.722. The van der Waals surface area contributed by atoms with Crippen molar-refractivity contribution in [3.63, 3.8) is 0 Å². The van der Waals surface area contributed by atoms with E-state index >= 15 is 0 Å². The Bertz CT molecular complexity index is 941. The summed E-state index contributed by atoms with van der Waals surface area (Å²) in [5, 5.41) is 21.1. The van der Waals surface area contributed by atoms with E-state index in [2.05, 4.69) is 32.5 Å². The zero-order valence-corrected chi connectivity index (χ0v) is 18.6. The van der Waals surface area contributed by atoms with Crippen molar-refractivity contribution in [3.05, 3.63) is 5.15 Å². The van der Waals surface area contributed by atoms with Gasteiger partial charge in [0.05, 0.1) is 18.6 Å². The number of nitrogens with one attached hydrogen (secondary N) is 1. The number of aliphatic hydroxyl groups excluding tert-OH is 1. The summed E-state index contributed by atoms with van der Waals surface area (Å²) in [5.74, 6) is -0.581. The van der Waals surface area contributed by atoms with Gasteiger partial charge in [-0.1, -0.05) is 35.5 Å². The number of aliphatic hydroxyl groups is 1. The molecule has 4 rings (SSSR count). The standard InChI is InChI=1S/C18H25ClN6O4S/c1-4-7-30-17-21-14(19)11-15(22-17)25(24-23-11)10-8-9(16(27)20-5-6-26)12-13(10)29-18(2,3)28-12/h9-10,12-13,26H,4-8H2,1-3H3,(H,20,27)/t9-,10+,12+,13-/m0/s1. The molecular formula is C18H25ClN6O4S. The van der Waals surface area contributed by atoms with Crippen LogP contribution in [0.15, 0.2) is 5.16 Å². The molecule has 0 radical (unpaired) electrons. The van der Waals surface area contributed by atoms with Crippen LogP contribution in [0.5, 0.6) is 0 Å². The van der Waals surface area contributed by atoms with Crippen molar-refractivity contribution < 1.29 is 19.4 Å². The Labute approximate surface area is 183 Å². The van der Waals surface area contributed by atoms with Crippen LogP contribution in [0.2, 0.25) is 5.15 Å². The van der Waals surface area contributed by atoms with Gasteiger partial charge in [-0.15, -0.1) is 5.10 Å². The van der Waals surface area contributed by atoms with Crippen LogP contribution in [0.1, 0.15) is 39.7 Å². The van der Waals surface area contributed by atoms with Gasteiger partial charge < -0.3 is 19.9 Å². The van der Waals surface area contributed by atoms with Crippen molar-refractivity contribution in [1.29, 1.82) is 0 Å². The van der Waals surface area contributed by atoms with Crippen molar-refractivity contribution in [2.24, 2.45) is 5.92 Å². The van der Waals surface area contributed by atoms with Gasteiger partial charge in [-0.05, 0) is 26.7 Å². The molecule has 2 aromatic heterocycles. The second kappa shape index (κ2) is 8.54. The maximum atomic E-state index is 12.7. The summed E-state index contributed by atoms with van der Waals surface area (Å²) in [6.07, 6.45) is 0.600. The molecule has 0 aromatic carbocycles. The molecule has 0 unspecified atom stereocenters. The molecule has 0 spiro atoms. The van der Waals surface area contributed by atoms with E-state index in [0.717, 1.165) is 12.2 Å². The Morgan fingerprint density at radius 1 is 1.37 bits per heavy atom. The average Bonchev–Trinajstić information content (AvgIpc) is 3.35. The SMILES string of the molecule is CCCSc1nc(Cl)c2nnn([C@@H]3C[C@H](C(=O)NCCO)[C@H]4OC(C)(C)O[C@H]43)c2n1. The number of carbonyl (C=O) groups is 1. The quantitative estimate of drug-likeness (QED) is 0.362. The van der Waals surface area contributed by atoms with E-state index < -0.39 is 23.9 Å². The number of rotatable bonds is 7. The zero-order valence-electron chi connectivity index (χ0n) is 17.0. The molecule has 1 saturated carbocycles. The predicted octanol–water partition coefficient (Wildman–Crippen LogP) is 1.57. The van der Waals surface area contributed by atoms with Crippen molar-refractivity contribution in [2.45, 2.75) is 62.8 Å². The largest absolute Gasteiger partial charge is 0.395 e. The molecule has 1 amide bonds. The van der Waals surface area contributed by atoms with Gasteiger partial charge in [-0.25, -0.2) is 14.6 Å². The number of halogens is 1. The lowest BCUT2D eigenvalue weighted by Crippen LogP contribution is -2.38. The third-order valence-electron chi connectivity index (χ3n) is 5.19. The summed E-state index contributed by atoms with van der Waals surface area (Å²) in [6, 6.07) is -0.304. The number of fused-ring (bicyclic) bond motifs is 2. The lowest BCUT2D eigenvalue weighted by molar-refractivity contribution is -0.163. The van der Waals surface area contributed by atoms with Crippen LogP contribution < -0.4 is 5.32 Å². The first kappa shape index (κ1) is 21.7. The van der Waals surface area contributed by atoms with Crippen LogP contribution in [0.3, 0.4) is 0 Å². The third kappa shape index (κ3) is 4.01. The normalized spacial score (nSPS) is 27.5. The number of ether oxygens (including phenoxy) is 2. The fourth-order valence-corrected chi connectivity index (χ4v) is 4.97. The topological polar surface area (TPSA) is 124 Å². The molecule has 4 atom stereocenters. The van der Waals surface area contributed by atoms with Crippen LogP contribution >= 0.6 is 23.4 Å². The number of nitrogens with zero attached hydrogens (tertiary/aromatic N) is 5. The summed E-state index contributed by atoms with van der Waals surface area (Å²) >= 11 is 7.85.